The minimum atomic E-state index is -0.239. The average Bonchev–Trinajstić information content (AvgIpc) is 2.37. The Morgan fingerprint density at radius 2 is 2.22 bits per heavy atom. The molecule has 104 valence electrons. The first-order chi connectivity index (χ1) is 8.61. The number of morpholine rings is 1. The normalized spacial score (nSPS) is 37.6. The minimum Gasteiger partial charge on any atom is -0.394 e. The molecule has 0 aromatic carbocycles. The summed E-state index contributed by atoms with van der Waals surface area (Å²) in [5.74, 6) is 0.549. The lowest BCUT2D eigenvalue weighted by Gasteiger charge is -2.40. The molecule has 18 heavy (non-hydrogen) atoms. The van der Waals surface area contributed by atoms with Gasteiger partial charge < -0.3 is 20.1 Å². The molecule has 4 atom stereocenters. The molecule has 2 rings (SSSR count). The van der Waals surface area contributed by atoms with Gasteiger partial charge in [0, 0.05) is 13.1 Å². The lowest BCUT2D eigenvalue weighted by molar-refractivity contribution is -0.150. The molecule has 2 aliphatic heterocycles. The zero-order chi connectivity index (χ0) is 13.1. The number of nitrogens with one attached hydrogen (secondary N) is 1. The van der Waals surface area contributed by atoms with Gasteiger partial charge in [-0.15, -0.1) is 0 Å². The monoisotopic (exact) mass is 256 g/mol. The highest BCUT2D eigenvalue weighted by Crippen LogP contribution is 2.20. The van der Waals surface area contributed by atoms with Gasteiger partial charge in [0.1, 0.15) is 0 Å². The van der Waals surface area contributed by atoms with Crippen molar-refractivity contribution in [2.75, 3.05) is 26.2 Å². The highest BCUT2D eigenvalue weighted by Gasteiger charge is 2.35. The van der Waals surface area contributed by atoms with Gasteiger partial charge in [-0.05, 0) is 32.2 Å². The molecule has 5 nitrogen and oxygen atoms in total. The van der Waals surface area contributed by atoms with Gasteiger partial charge in [-0.2, -0.15) is 0 Å². The van der Waals surface area contributed by atoms with Gasteiger partial charge in [0.25, 0.3) is 0 Å². The van der Waals surface area contributed by atoms with Gasteiger partial charge in [-0.3, -0.25) is 4.79 Å². The van der Waals surface area contributed by atoms with Crippen LogP contribution in [0.5, 0.6) is 0 Å². The fourth-order valence-corrected chi connectivity index (χ4v) is 2.90. The SMILES string of the molecule is CC1CN(C(=O)C2NCCCC2C)CC(CO)O1. The molecule has 0 saturated carbocycles. The lowest BCUT2D eigenvalue weighted by atomic mass is 9.91. The fraction of sp³-hybridized carbons (Fsp3) is 0.923. The zero-order valence-electron chi connectivity index (χ0n) is 11.3. The molecule has 2 N–H and O–H groups in total. The van der Waals surface area contributed by atoms with Crippen LogP contribution < -0.4 is 5.32 Å². The molecule has 2 fully saturated rings. The largest absolute Gasteiger partial charge is 0.394 e. The number of hydrogen-bond donors (Lipinski definition) is 2. The van der Waals surface area contributed by atoms with E-state index in [1.54, 1.807) is 0 Å². The Hall–Kier alpha value is -0.650. The zero-order valence-corrected chi connectivity index (χ0v) is 11.3. The molecule has 2 heterocycles. The molecule has 1 amide bonds. The Morgan fingerprint density at radius 1 is 1.44 bits per heavy atom. The van der Waals surface area contributed by atoms with Crippen molar-refractivity contribution in [3.8, 4) is 0 Å². The Kier molecular flexibility index (Phi) is 4.59. The van der Waals surface area contributed by atoms with Gasteiger partial charge in [-0.25, -0.2) is 0 Å². The van der Waals surface area contributed by atoms with Gasteiger partial charge in [0.15, 0.2) is 0 Å². The van der Waals surface area contributed by atoms with Crippen molar-refractivity contribution in [3.05, 3.63) is 0 Å². The van der Waals surface area contributed by atoms with E-state index < -0.39 is 0 Å². The first kappa shape index (κ1) is 13.8. The van der Waals surface area contributed by atoms with Crippen molar-refractivity contribution in [1.82, 2.24) is 10.2 Å². The summed E-state index contributed by atoms with van der Waals surface area (Å²) in [5.41, 5.74) is 0. The van der Waals surface area contributed by atoms with Crippen LogP contribution in [-0.4, -0.2) is 60.4 Å². The van der Waals surface area contributed by atoms with Gasteiger partial charge >= 0.3 is 0 Å². The lowest BCUT2D eigenvalue weighted by Crippen LogP contribution is -2.58. The molecular weight excluding hydrogens is 232 g/mol. The number of rotatable bonds is 2. The van der Waals surface area contributed by atoms with Crippen molar-refractivity contribution in [1.29, 1.82) is 0 Å². The first-order valence-corrected chi connectivity index (χ1v) is 6.90. The standard InChI is InChI=1S/C13H24N2O3/c1-9-4-3-5-14-12(9)13(17)15-6-10(2)18-11(7-15)8-16/h9-12,14,16H,3-8H2,1-2H3. The number of aliphatic hydroxyl groups is 1. The van der Waals surface area contributed by atoms with Crippen molar-refractivity contribution in [2.24, 2.45) is 5.92 Å². The van der Waals surface area contributed by atoms with Crippen LogP contribution in [0, 0.1) is 5.92 Å². The van der Waals surface area contributed by atoms with E-state index >= 15 is 0 Å². The first-order valence-electron chi connectivity index (χ1n) is 6.90. The molecule has 0 bridgehead atoms. The minimum absolute atomic E-state index is 0.00116. The molecule has 4 unspecified atom stereocenters. The predicted octanol–water partition coefficient (Wildman–Crippen LogP) is -0.0173. The van der Waals surface area contributed by atoms with E-state index in [0.29, 0.717) is 19.0 Å². The number of piperidine rings is 1. The smallest absolute Gasteiger partial charge is 0.240 e. The van der Waals surface area contributed by atoms with Crippen molar-refractivity contribution >= 4 is 5.91 Å². The number of ether oxygens (including phenoxy) is 1. The second-order valence-corrected chi connectivity index (χ2v) is 5.55. The molecule has 0 aromatic rings. The van der Waals surface area contributed by atoms with E-state index in [4.69, 9.17) is 4.74 Å². The Labute approximate surface area is 108 Å². The summed E-state index contributed by atoms with van der Waals surface area (Å²) >= 11 is 0. The van der Waals surface area contributed by atoms with Gasteiger partial charge in [0.05, 0.1) is 24.9 Å². The average molecular weight is 256 g/mol. The van der Waals surface area contributed by atoms with Crippen LogP contribution >= 0.6 is 0 Å². The van der Waals surface area contributed by atoms with Crippen LogP contribution in [0.1, 0.15) is 26.7 Å². The highest BCUT2D eigenvalue weighted by molar-refractivity contribution is 5.82. The summed E-state index contributed by atoms with van der Waals surface area (Å²) < 4.78 is 5.57. The fourth-order valence-electron chi connectivity index (χ4n) is 2.90. The molecule has 0 radical (unpaired) electrons. The number of carbonyl (C=O) groups excluding carboxylic acids is 1. The van der Waals surface area contributed by atoms with Crippen LogP contribution in [-0.2, 0) is 9.53 Å². The molecule has 0 aromatic heterocycles. The summed E-state index contributed by atoms with van der Waals surface area (Å²) in [4.78, 5) is 14.3. The summed E-state index contributed by atoms with van der Waals surface area (Å²) in [6.07, 6.45) is 2.01. The van der Waals surface area contributed by atoms with Crippen LogP contribution in [0.4, 0.5) is 0 Å². The molecule has 2 saturated heterocycles. The van der Waals surface area contributed by atoms with Gasteiger partial charge in [0.2, 0.25) is 5.91 Å². The number of carbonyl (C=O) groups is 1. The summed E-state index contributed by atoms with van der Waals surface area (Å²) in [7, 11) is 0. The maximum absolute atomic E-state index is 12.5. The van der Waals surface area contributed by atoms with Crippen LogP contribution in [0.15, 0.2) is 0 Å². The van der Waals surface area contributed by atoms with Gasteiger partial charge in [-0.1, -0.05) is 6.92 Å². The van der Waals surface area contributed by atoms with Crippen LogP contribution in [0.3, 0.4) is 0 Å². The number of hydrogen-bond acceptors (Lipinski definition) is 4. The van der Waals surface area contributed by atoms with E-state index in [1.807, 2.05) is 11.8 Å². The second-order valence-electron chi connectivity index (χ2n) is 5.55. The number of aliphatic hydroxyl groups excluding tert-OH is 1. The molecule has 5 heteroatoms. The third kappa shape index (κ3) is 3.02. The number of amides is 1. The van der Waals surface area contributed by atoms with Crippen LogP contribution in [0.2, 0.25) is 0 Å². The topological polar surface area (TPSA) is 61.8 Å². The molecule has 0 aliphatic carbocycles. The van der Waals surface area contributed by atoms with E-state index in [-0.39, 0.29) is 30.8 Å². The summed E-state index contributed by atoms with van der Waals surface area (Å²) in [6.45, 7) is 6.10. The highest BCUT2D eigenvalue weighted by atomic mass is 16.5. The molecular formula is C13H24N2O3. The molecule has 2 aliphatic rings. The Morgan fingerprint density at radius 3 is 2.89 bits per heavy atom. The maximum Gasteiger partial charge on any atom is 0.240 e. The van der Waals surface area contributed by atoms with Crippen molar-refractivity contribution in [3.63, 3.8) is 0 Å². The van der Waals surface area contributed by atoms with E-state index in [0.717, 1.165) is 19.4 Å². The Balaban J connectivity index is 1.98. The third-order valence-electron chi connectivity index (χ3n) is 3.88. The van der Waals surface area contributed by atoms with E-state index in [1.165, 1.54) is 0 Å². The third-order valence-corrected chi connectivity index (χ3v) is 3.88. The van der Waals surface area contributed by atoms with E-state index in [9.17, 15) is 9.90 Å². The summed E-state index contributed by atoms with van der Waals surface area (Å²) in [6, 6.07) is -0.0663. The predicted molar refractivity (Wildman–Crippen MR) is 68.2 cm³/mol. The quantitative estimate of drug-likeness (QED) is 0.729. The van der Waals surface area contributed by atoms with Crippen molar-refractivity contribution < 1.29 is 14.6 Å². The Bertz CT molecular complexity index is 298. The second kappa shape index (κ2) is 5.99. The molecule has 0 spiro atoms. The van der Waals surface area contributed by atoms with E-state index in [2.05, 4.69) is 12.2 Å². The van der Waals surface area contributed by atoms with Crippen LogP contribution in [0.25, 0.3) is 0 Å². The summed E-state index contributed by atoms with van der Waals surface area (Å²) in [5, 5.41) is 12.5. The van der Waals surface area contributed by atoms with Crippen molar-refractivity contribution in [2.45, 2.75) is 44.9 Å². The number of nitrogens with zero attached hydrogens (tertiary/aromatic N) is 1. The maximum atomic E-state index is 12.5.